The van der Waals surface area contributed by atoms with Crippen LogP contribution in [0.15, 0.2) is 51.4 Å². The maximum absolute atomic E-state index is 12.6. The predicted octanol–water partition coefficient (Wildman–Crippen LogP) is 2.84. The van der Waals surface area contributed by atoms with E-state index in [4.69, 9.17) is 4.42 Å². The molecule has 2 N–H and O–H groups in total. The van der Waals surface area contributed by atoms with E-state index in [1.165, 1.54) is 23.1 Å². The van der Waals surface area contributed by atoms with Crippen LogP contribution in [0, 0.1) is 12.8 Å². The summed E-state index contributed by atoms with van der Waals surface area (Å²) in [5, 5.41) is 13.8. The number of anilines is 2. The molecule has 0 spiro atoms. The minimum atomic E-state index is -0.462. The summed E-state index contributed by atoms with van der Waals surface area (Å²) in [7, 11) is 0. The lowest BCUT2D eigenvalue weighted by Crippen LogP contribution is -2.28. The number of nitrogens with zero attached hydrogens (tertiary/aromatic N) is 3. The number of carbonyl (C=O) groups excluding carboxylic acids is 3. The number of rotatable bonds is 8. The van der Waals surface area contributed by atoms with Crippen molar-refractivity contribution in [2.75, 3.05) is 22.5 Å². The summed E-state index contributed by atoms with van der Waals surface area (Å²) in [6.45, 7) is 2.63. The van der Waals surface area contributed by atoms with Crippen LogP contribution in [0.5, 0.6) is 0 Å². The molecule has 0 radical (unpaired) electrons. The Morgan fingerprint density at radius 2 is 2.06 bits per heavy atom. The van der Waals surface area contributed by atoms with Gasteiger partial charge < -0.3 is 20.0 Å². The minimum Gasteiger partial charge on any atom is -0.467 e. The van der Waals surface area contributed by atoms with Crippen LogP contribution in [0.2, 0.25) is 0 Å². The standard InChI is InChI=1S/C21H21N5O4S2/c1-13-4-6-15(7-5-13)26-11-14(9-18(26)28)19(29)23-20-24-25-21(32-20)31-12-17(27)22-10-16-3-2-8-30-16/h2-8,14H,9-12H2,1H3,(H,22,27)(H,23,24,29)/t14-/m0/s1. The van der Waals surface area contributed by atoms with Gasteiger partial charge in [-0.05, 0) is 31.2 Å². The quantitative estimate of drug-likeness (QED) is 0.383. The molecule has 2 aromatic heterocycles. The second-order valence-corrected chi connectivity index (χ2v) is 9.45. The molecule has 1 aromatic carbocycles. The van der Waals surface area contributed by atoms with Gasteiger partial charge in [0.25, 0.3) is 0 Å². The number of aryl methyl sites for hydroxylation is 1. The van der Waals surface area contributed by atoms with Crippen molar-refractivity contribution in [1.82, 2.24) is 15.5 Å². The molecule has 3 aromatic rings. The molecule has 32 heavy (non-hydrogen) atoms. The van der Waals surface area contributed by atoms with Crippen molar-refractivity contribution in [3.63, 3.8) is 0 Å². The maximum Gasteiger partial charge on any atom is 0.231 e. The van der Waals surface area contributed by atoms with E-state index in [2.05, 4.69) is 20.8 Å². The normalized spacial score (nSPS) is 15.7. The van der Waals surface area contributed by atoms with Gasteiger partial charge in [-0.25, -0.2) is 0 Å². The number of carbonyl (C=O) groups is 3. The molecule has 3 amide bonds. The summed E-state index contributed by atoms with van der Waals surface area (Å²) >= 11 is 2.42. The minimum absolute atomic E-state index is 0.0805. The lowest BCUT2D eigenvalue weighted by atomic mass is 10.1. The molecule has 1 atom stereocenters. The third-order valence-corrected chi connectivity index (χ3v) is 6.82. The second-order valence-electron chi connectivity index (χ2n) is 7.25. The lowest BCUT2D eigenvalue weighted by molar-refractivity contribution is -0.122. The average Bonchev–Trinajstić information content (AvgIpc) is 3.53. The number of amides is 3. The van der Waals surface area contributed by atoms with E-state index >= 15 is 0 Å². The highest BCUT2D eigenvalue weighted by Crippen LogP contribution is 2.28. The van der Waals surface area contributed by atoms with Crippen LogP contribution in [0.25, 0.3) is 0 Å². The maximum atomic E-state index is 12.6. The van der Waals surface area contributed by atoms with Crippen LogP contribution in [0.1, 0.15) is 17.7 Å². The summed E-state index contributed by atoms with van der Waals surface area (Å²) in [5.41, 5.74) is 1.89. The third kappa shape index (κ3) is 5.54. The van der Waals surface area contributed by atoms with Crippen molar-refractivity contribution in [3.8, 4) is 0 Å². The van der Waals surface area contributed by atoms with Gasteiger partial charge in [0.2, 0.25) is 22.9 Å². The zero-order valence-electron chi connectivity index (χ0n) is 17.2. The molecule has 1 fully saturated rings. The number of furan rings is 1. The molecule has 1 aliphatic rings. The number of aromatic nitrogens is 2. The molecule has 11 heteroatoms. The summed E-state index contributed by atoms with van der Waals surface area (Å²) < 4.78 is 5.73. The van der Waals surface area contributed by atoms with E-state index in [1.807, 2.05) is 31.2 Å². The van der Waals surface area contributed by atoms with Crippen LogP contribution in [-0.4, -0.2) is 40.2 Å². The van der Waals surface area contributed by atoms with Crippen molar-refractivity contribution in [3.05, 3.63) is 54.0 Å². The first-order valence-corrected chi connectivity index (χ1v) is 11.7. The molecule has 0 aliphatic carbocycles. The first-order chi connectivity index (χ1) is 15.5. The van der Waals surface area contributed by atoms with Gasteiger partial charge in [0, 0.05) is 18.7 Å². The molecule has 4 rings (SSSR count). The largest absolute Gasteiger partial charge is 0.467 e. The third-order valence-electron chi connectivity index (χ3n) is 4.84. The summed E-state index contributed by atoms with van der Waals surface area (Å²) in [5.74, 6) is -0.120. The van der Waals surface area contributed by atoms with Gasteiger partial charge in [0.1, 0.15) is 5.76 Å². The molecule has 166 valence electrons. The lowest BCUT2D eigenvalue weighted by Gasteiger charge is -2.16. The highest BCUT2D eigenvalue weighted by Gasteiger charge is 2.35. The van der Waals surface area contributed by atoms with Gasteiger partial charge in [0.15, 0.2) is 4.34 Å². The van der Waals surface area contributed by atoms with E-state index in [0.717, 1.165) is 11.3 Å². The average molecular weight is 472 g/mol. The molecular weight excluding hydrogens is 450 g/mol. The number of hydrogen-bond acceptors (Lipinski definition) is 8. The zero-order chi connectivity index (χ0) is 22.5. The Hall–Kier alpha value is -3.18. The number of hydrogen-bond donors (Lipinski definition) is 2. The van der Waals surface area contributed by atoms with Gasteiger partial charge in [-0.15, -0.1) is 10.2 Å². The SMILES string of the molecule is Cc1ccc(N2C[C@@H](C(=O)Nc3nnc(SCC(=O)NCc4ccco4)s3)CC2=O)cc1. The van der Waals surface area contributed by atoms with Gasteiger partial charge in [-0.1, -0.05) is 40.8 Å². The fourth-order valence-electron chi connectivity index (χ4n) is 3.16. The van der Waals surface area contributed by atoms with E-state index in [9.17, 15) is 14.4 Å². The van der Waals surface area contributed by atoms with Gasteiger partial charge in [-0.3, -0.25) is 14.4 Å². The Balaban J connectivity index is 1.25. The van der Waals surface area contributed by atoms with E-state index < -0.39 is 5.92 Å². The van der Waals surface area contributed by atoms with Gasteiger partial charge in [-0.2, -0.15) is 0 Å². The van der Waals surface area contributed by atoms with E-state index in [0.29, 0.717) is 28.3 Å². The Morgan fingerprint density at radius 1 is 1.25 bits per heavy atom. The Bertz CT molecular complexity index is 1100. The molecule has 0 saturated carbocycles. The van der Waals surface area contributed by atoms with E-state index in [-0.39, 0.29) is 29.9 Å². The predicted molar refractivity (Wildman–Crippen MR) is 121 cm³/mol. The van der Waals surface area contributed by atoms with E-state index in [1.54, 1.807) is 23.3 Å². The molecular formula is C21H21N5O4S2. The Labute approximate surface area is 192 Å². The second kappa shape index (κ2) is 9.96. The molecule has 9 nitrogen and oxygen atoms in total. The number of thioether (sulfide) groups is 1. The van der Waals surface area contributed by atoms with Gasteiger partial charge >= 0.3 is 0 Å². The zero-order valence-corrected chi connectivity index (χ0v) is 18.9. The summed E-state index contributed by atoms with van der Waals surface area (Å²) in [4.78, 5) is 38.6. The van der Waals surface area contributed by atoms with Crippen molar-refractivity contribution in [2.24, 2.45) is 5.92 Å². The molecule has 0 bridgehead atoms. The topological polar surface area (TPSA) is 117 Å². The van der Waals surface area contributed by atoms with Crippen LogP contribution in [0.3, 0.4) is 0 Å². The molecule has 1 saturated heterocycles. The van der Waals surface area contributed by atoms with Gasteiger partial charge in [0.05, 0.1) is 24.5 Å². The Morgan fingerprint density at radius 3 is 2.81 bits per heavy atom. The fraction of sp³-hybridized carbons (Fsp3) is 0.286. The van der Waals surface area contributed by atoms with Crippen LogP contribution in [-0.2, 0) is 20.9 Å². The van der Waals surface area contributed by atoms with Crippen LogP contribution in [0.4, 0.5) is 10.8 Å². The fourth-order valence-corrected chi connectivity index (χ4v) is 4.75. The molecule has 3 heterocycles. The van der Waals surface area contributed by atoms with Crippen molar-refractivity contribution < 1.29 is 18.8 Å². The highest BCUT2D eigenvalue weighted by molar-refractivity contribution is 8.01. The first kappa shape index (κ1) is 22.0. The van der Waals surface area contributed by atoms with Crippen molar-refractivity contribution >= 4 is 51.6 Å². The molecule has 1 aliphatic heterocycles. The number of nitrogens with one attached hydrogen (secondary N) is 2. The van der Waals surface area contributed by atoms with Crippen molar-refractivity contribution in [1.29, 1.82) is 0 Å². The Kier molecular flexibility index (Phi) is 6.86. The van der Waals surface area contributed by atoms with Crippen LogP contribution >= 0.6 is 23.1 Å². The highest BCUT2D eigenvalue weighted by atomic mass is 32.2. The molecule has 0 unspecified atom stereocenters. The summed E-state index contributed by atoms with van der Waals surface area (Å²) in [6, 6.07) is 11.2. The first-order valence-electron chi connectivity index (χ1n) is 9.91. The monoisotopic (exact) mass is 471 g/mol. The smallest absolute Gasteiger partial charge is 0.231 e. The van der Waals surface area contributed by atoms with Crippen molar-refractivity contribution in [2.45, 2.75) is 24.2 Å². The number of benzene rings is 1. The van der Waals surface area contributed by atoms with Crippen LogP contribution < -0.4 is 15.5 Å². The summed E-state index contributed by atoms with van der Waals surface area (Å²) in [6.07, 6.45) is 1.70.